The van der Waals surface area contributed by atoms with Crippen molar-refractivity contribution in [3.63, 3.8) is 0 Å². The molecule has 0 heterocycles. The van der Waals surface area contributed by atoms with Crippen LogP contribution in [0, 0.1) is 5.82 Å². The molecular formula is C16H12ClFOS. The third kappa shape index (κ3) is 3.50. The van der Waals surface area contributed by atoms with Gasteiger partial charge in [0.2, 0.25) is 0 Å². The highest BCUT2D eigenvalue weighted by atomic mass is 35.5. The number of ketones is 1. The van der Waals surface area contributed by atoms with Crippen molar-refractivity contribution < 1.29 is 9.18 Å². The molecule has 0 saturated carbocycles. The predicted octanol–water partition coefficient (Wildman–Crippen LogP) is 4.64. The van der Waals surface area contributed by atoms with Crippen LogP contribution in [0.1, 0.15) is 27.9 Å². The van der Waals surface area contributed by atoms with Crippen LogP contribution in [0.3, 0.4) is 0 Å². The fourth-order valence-corrected chi connectivity index (χ4v) is 2.35. The van der Waals surface area contributed by atoms with Crippen molar-refractivity contribution in [2.45, 2.75) is 12.8 Å². The van der Waals surface area contributed by atoms with Gasteiger partial charge < -0.3 is 0 Å². The Bertz CT molecular complexity index is 655. The van der Waals surface area contributed by atoms with Gasteiger partial charge in [-0.15, -0.1) is 0 Å². The molecule has 102 valence electrons. The highest BCUT2D eigenvalue weighted by Crippen LogP contribution is 2.18. The van der Waals surface area contributed by atoms with Gasteiger partial charge in [0.15, 0.2) is 5.78 Å². The Hall–Kier alpha value is -1.58. The van der Waals surface area contributed by atoms with E-state index in [0.717, 1.165) is 11.1 Å². The average Bonchev–Trinajstić information content (AvgIpc) is 2.47. The van der Waals surface area contributed by atoms with Gasteiger partial charge in [-0.1, -0.05) is 48.1 Å². The van der Waals surface area contributed by atoms with Crippen molar-refractivity contribution in [3.05, 3.63) is 70.0 Å². The maximum Gasteiger partial charge on any atom is 0.163 e. The van der Waals surface area contributed by atoms with E-state index in [2.05, 4.69) is 0 Å². The van der Waals surface area contributed by atoms with Gasteiger partial charge in [-0.25, -0.2) is 4.39 Å². The van der Waals surface area contributed by atoms with Gasteiger partial charge in [0.1, 0.15) is 5.82 Å². The molecule has 0 N–H and O–H groups in total. The van der Waals surface area contributed by atoms with Gasteiger partial charge in [0, 0.05) is 17.4 Å². The van der Waals surface area contributed by atoms with Crippen LogP contribution in [0.25, 0.3) is 0 Å². The van der Waals surface area contributed by atoms with Crippen LogP contribution >= 0.6 is 23.8 Å². The first-order valence-corrected chi connectivity index (χ1v) is 6.98. The highest BCUT2D eigenvalue weighted by molar-refractivity contribution is 7.79. The summed E-state index contributed by atoms with van der Waals surface area (Å²) in [5, 5.41) is 1.57. The van der Waals surface area contributed by atoms with Crippen LogP contribution in [0.15, 0.2) is 42.5 Å². The molecule has 0 fully saturated rings. The first kappa shape index (κ1) is 14.8. The first-order chi connectivity index (χ1) is 9.61. The summed E-state index contributed by atoms with van der Waals surface area (Å²) in [6, 6.07) is 11.7. The lowest BCUT2D eigenvalue weighted by Gasteiger charge is -2.05. The van der Waals surface area contributed by atoms with Crippen molar-refractivity contribution in [1.29, 1.82) is 0 Å². The molecule has 0 aliphatic carbocycles. The van der Waals surface area contributed by atoms with Gasteiger partial charge >= 0.3 is 0 Å². The summed E-state index contributed by atoms with van der Waals surface area (Å²) in [4.78, 5) is 12.1. The molecule has 0 saturated heterocycles. The van der Waals surface area contributed by atoms with E-state index in [1.54, 1.807) is 5.37 Å². The van der Waals surface area contributed by atoms with E-state index in [1.165, 1.54) is 18.2 Å². The summed E-state index contributed by atoms with van der Waals surface area (Å²) in [7, 11) is 0. The number of hydrogen-bond acceptors (Lipinski definition) is 2. The molecule has 0 aromatic heterocycles. The Morgan fingerprint density at radius 3 is 2.70 bits per heavy atom. The molecule has 0 aliphatic heterocycles. The van der Waals surface area contributed by atoms with E-state index in [4.69, 9.17) is 23.8 Å². The first-order valence-electron chi connectivity index (χ1n) is 6.13. The Morgan fingerprint density at radius 2 is 2.00 bits per heavy atom. The molecule has 0 spiro atoms. The van der Waals surface area contributed by atoms with Crippen LogP contribution in [0.4, 0.5) is 4.39 Å². The predicted molar refractivity (Wildman–Crippen MR) is 83.3 cm³/mol. The number of carbonyl (C=O) groups is 1. The number of Topliss-reactive ketones (excluding diaryl/α,β-unsaturated/α-hetero) is 1. The fourth-order valence-electron chi connectivity index (χ4n) is 1.94. The van der Waals surface area contributed by atoms with E-state index in [0.29, 0.717) is 18.4 Å². The van der Waals surface area contributed by atoms with E-state index in [-0.39, 0.29) is 10.8 Å². The van der Waals surface area contributed by atoms with Crippen molar-refractivity contribution >= 4 is 35.0 Å². The molecule has 1 nitrogen and oxygen atoms in total. The summed E-state index contributed by atoms with van der Waals surface area (Å²) in [5.74, 6) is -0.583. The van der Waals surface area contributed by atoms with E-state index < -0.39 is 5.82 Å². The Morgan fingerprint density at radius 1 is 1.25 bits per heavy atom. The summed E-state index contributed by atoms with van der Waals surface area (Å²) in [5.41, 5.74) is 2.41. The van der Waals surface area contributed by atoms with Gasteiger partial charge in [-0.2, -0.15) is 0 Å². The number of hydrogen-bond donors (Lipinski definition) is 0. The summed E-state index contributed by atoms with van der Waals surface area (Å²) in [6.07, 6.45) is 0.930. The summed E-state index contributed by atoms with van der Waals surface area (Å²) in [6.45, 7) is 0. The second kappa shape index (κ2) is 6.73. The van der Waals surface area contributed by atoms with Gasteiger partial charge in [-0.3, -0.25) is 4.79 Å². The third-order valence-electron chi connectivity index (χ3n) is 3.05. The normalized spacial score (nSPS) is 10.3. The molecule has 4 heteroatoms. The molecule has 0 atom stereocenters. The number of benzene rings is 2. The molecule has 0 radical (unpaired) electrons. The van der Waals surface area contributed by atoms with Crippen LogP contribution in [-0.4, -0.2) is 11.2 Å². The van der Waals surface area contributed by atoms with E-state index >= 15 is 0 Å². The topological polar surface area (TPSA) is 17.1 Å². The van der Waals surface area contributed by atoms with Gasteiger partial charge in [0.25, 0.3) is 0 Å². The number of aryl methyl sites for hydroxylation is 1. The lowest BCUT2D eigenvalue weighted by Crippen LogP contribution is -2.03. The molecule has 0 amide bonds. The smallest absolute Gasteiger partial charge is 0.163 e. The minimum Gasteiger partial charge on any atom is -0.294 e. The minimum absolute atomic E-state index is 0.0323. The van der Waals surface area contributed by atoms with Crippen LogP contribution in [0.5, 0.6) is 0 Å². The quantitative estimate of drug-likeness (QED) is 0.591. The van der Waals surface area contributed by atoms with Gasteiger partial charge in [0.05, 0.1) is 5.02 Å². The standard InChI is InChI=1S/C16H12ClFOS/c17-14-9-12(5-7-15(14)18)16(19)8-6-11-3-1-2-4-13(11)10-20/h1-5,7,9-10H,6,8H2. The number of thiocarbonyl (C=S) groups is 1. The summed E-state index contributed by atoms with van der Waals surface area (Å²) < 4.78 is 13.1. The van der Waals surface area contributed by atoms with Crippen molar-refractivity contribution in [3.8, 4) is 0 Å². The van der Waals surface area contributed by atoms with Crippen molar-refractivity contribution in [1.82, 2.24) is 0 Å². The van der Waals surface area contributed by atoms with Crippen molar-refractivity contribution in [2.24, 2.45) is 0 Å². The fraction of sp³-hybridized carbons (Fsp3) is 0.125. The average molecular weight is 307 g/mol. The largest absolute Gasteiger partial charge is 0.294 e. The number of halogens is 2. The van der Waals surface area contributed by atoms with Crippen LogP contribution in [-0.2, 0) is 6.42 Å². The monoisotopic (exact) mass is 306 g/mol. The molecule has 20 heavy (non-hydrogen) atoms. The zero-order valence-corrected chi connectivity index (χ0v) is 12.2. The van der Waals surface area contributed by atoms with E-state index in [9.17, 15) is 9.18 Å². The Kier molecular flexibility index (Phi) is 4.99. The number of rotatable bonds is 5. The molecule has 0 unspecified atom stereocenters. The molecule has 0 bridgehead atoms. The number of carbonyl (C=O) groups excluding carboxylic acids is 1. The maximum atomic E-state index is 13.1. The van der Waals surface area contributed by atoms with Crippen LogP contribution in [0.2, 0.25) is 5.02 Å². The van der Waals surface area contributed by atoms with E-state index in [1.807, 2.05) is 24.3 Å². The molecule has 0 aliphatic rings. The molecular weight excluding hydrogens is 295 g/mol. The Labute approximate surface area is 127 Å². The SMILES string of the molecule is O=C(CCc1ccccc1C=S)c1ccc(F)c(Cl)c1. The third-order valence-corrected chi connectivity index (χ3v) is 3.59. The van der Waals surface area contributed by atoms with Crippen LogP contribution < -0.4 is 0 Å². The molecule has 2 aromatic carbocycles. The minimum atomic E-state index is -0.519. The zero-order chi connectivity index (χ0) is 14.5. The lowest BCUT2D eigenvalue weighted by molar-refractivity contribution is 0.0983. The molecule has 2 rings (SSSR count). The highest BCUT2D eigenvalue weighted by Gasteiger charge is 2.10. The maximum absolute atomic E-state index is 13.1. The zero-order valence-electron chi connectivity index (χ0n) is 10.6. The van der Waals surface area contributed by atoms with Gasteiger partial charge in [-0.05, 0) is 35.7 Å². The Balaban J connectivity index is 2.08. The molecule has 2 aromatic rings. The second-order valence-electron chi connectivity index (χ2n) is 4.37. The lowest BCUT2D eigenvalue weighted by atomic mass is 10.00. The summed E-state index contributed by atoms with van der Waals surface area (Å²) >= 11 is 10.6. The second-order valence-corrected chi connectivity index (χ2v) is 5.01. The van der Waals surface area contributed by atoms with Crippen molar-refractivity contribution in [2.75, 3.05) is 0 Å².